The van der Waals surface area contributed by atoms with Gasteiger partial charge < -0.3 is 10.6 Å². The van der Waals surface area contributed by atoms with Crippen molar-refractivity contribution in [2.24, 2.45) is 18.9 Å². The van der Waals surface area contributed by atoms with Gasteiger partial charge in [-0.15, -0.1) is 0 Å². The fourth-order valence-electron chi connectivity index (χ4n) is 3.97. The monoisotopic (exact) mass is 355 g/mol. The van der Waals surface area contributed by atoms with Gasteiger partial charge in [-0.3, -0.25) is 9.58 Å². The number of likely N-dealkylation sites (tertiary alicyclic amines) is 1. The third kappa shape index (κ3) is 3.98. The molecule has 1 aliphatic heterocycles. The zero-order valence-corrected chi connectivity index (χ0v) is 15.7. The van der Waals surface area contributed by atoms with Gasteiger partial charge in [0.05, 0.1) is 11.7 Å². The largest absolute Gasteiger partial charge is 0.370 e. The molecule has 26 heavy (non-hydrogen) atoms. The second kappa shape index (κ2) is 7.61. The first-order valence-corrected chi connectivity index (χ1v) is 9.68. The highest BCUT2D eigenvalue weighted by atomic mass is 15.3. The fourth-order valence-corrected chi connectivity index (χ4v) is 3.97. The Balaban J connectivity index is 1.40. The summed E-state index contributed by atoms with van der Waals surface area (Å²) in [6.07, 6.45) is 8.66. The van der Waals surface area contributed by atoms with Crippen molar-refractivity contribution in [2.45, 2.75) is 31.7 Å². The Morgan fingerprint density at radius 1 is 1.08 bits per heavy atom. The number of nitrogens with zero attached hydrogens (tertiary/aromatic N) is 5. The van der Waals surface area contributed by atoms with Crippen molar-refractivity contribution >= 4 is 11.6 Å². The van der Waals surface area contributed by atoms with Gasteiger partial charge in [0.15, 0.2) is 0 Å². The molecular formula is C19H29N7. The lowest BCUT2D eigenvalue weighted by molar-refractivity contribution is 0.121. The topological polar surface area (TPSA) is 70.9 Å². The summed E-state index contributed by atoms with van der Waals surface area (Å²) in [5.41, 5.74) is 1.29. The molecule has 7 nitrogen and oxygen atoms in total. The van der Waals surface area contributed by atoms with E-state index in [1.54, 1.807) is 6.33 Å². The van der Waals surface area contributed by atoms with Crippen LogP contribution in [0.1, 0.15) is 37.4 Å². The van der Waals surface area contributed by atoms with Gasteiger partial charge in [-0.25, -0.2) is 9.97 Å². The molecule has 2 fully saturated rings. The number of rotatable bonds is 7. The highest BCUT2D eigenvalue weighted by Crippen LogP contribution is 2.35. The number of aryl methyl sites for hydroxylation is 1. The van der Waals surface area contributed by atoms with Gasteiger partial charge in [0.25, 0.3) is 0 Å². The van der Waals surface area contributed by atoms with Crippen LogP contribution >= 0.6 is 0 Å². The zero-order valence-electron chi connectivity index (χ0n) is 15.7. The second-order valence-electron chi connectivity index (χ2n) is 7.70. The summed E-state index contributed by atoms with van der Waals surface area (Å²) >= 11 is 0. The van der Waals surface area contributed by atoms with Gasteiger partial charge in [-0.05, 0) is 57.2 Å². The Labute approximate surface area is 155 Å². The molecule has 0 unspecified atom stereocenters. The van der Waals surface area contributed by atoms with Crippen LogP contribution in [0.15, 0.2) is 24.7 Å². The maximum atomic E-state index is 4.40. The molecule has 3 heterocycles. The van der Waals surface area contributed by atoms with Crippen LogP contribution in [0.2, 0.25) is 0 Å². The smallest absolute Gasteiger partial charge is 0.131 e. The Morgan fingerprint density at radius 2 is 1.85 bits per heavy atom. The summed E-state index contributed by atoms with van der Waals surface area (Å²) in [6, 6.07) is 4.55. The van der Waals surface area contributed by atoms with E-state index in [0.29, 0.717) is 12.0 Å². The summed E-state index contributed by atoms with van der Waals surface area (Å²) in [6.45, 7) is 3.06. The molecular weight excluding hydrogens is 326 g/mol. The predicted octanol–water partition coefficient (Wildman–Crippen LogP) is 2.53. The Bertz CT molecular complexity index is 724. The molecule has 2 N–H and O–H groups in total. The van der Waals surface area contributed by atoms with E-state index in [2.05, 4.69) is 43.7 Å². The van der Waals surface area contributed by atoms with E-state index in [1.165, 1.54) is 31.4 Å². The SMILES string of the molecule is CN1CCC[C@@H](CNc2cc(NCC3CC3)ncn2)[C@@H]1c1ccnn1C. The van der Waals surface area contributed by atoms with Gasteiger partial charge in [-0.2, -0.15) is 5.10 Å². The first-order valence-electron chi connectivity index (χ1n) is 9.68. The van der Waals surface area contributed by atoms with Gasteiger partial charge in [0, 0.05) is 32.4 Å². The number of hydrogen-bond acceptors (Lipinski definition) is 6. The molecule has 2 atom stereocenters. The highest BCUT2D eigenvalue weighted by molar-refractivity contribution is 5.46. The van der Waals surface area contributed by atoms with Crippen molar-refractivity contribution in [3.63, 3.8) is 0 Å². The predicted molar refractivity (Wildman–Crippen MR) is 103 cm³/mol. The summed E-state index contributed by atoms with van der Waals surface area (Å²) in [5.74, 6) is 3.18. The van der Waals surface area contributed by atoms with E-state index >= 15 is 0 Å². The molecule has 0 bridgehead atoms. The number of anilines is 2. The third-order valence-corrected chi connectivity index (χ3v) is 5.65. The standard InChI is InChI=1S/C19H29N7/c1-25-9-3-4-15(19(25)16-7-8-24-26(16)2)12-21-18-10-17(22-13-23-18)20-11-14-5-6-14/h7-8,10,13-15,19H,3-6,9,11-12H2,1-2H3,(H2,20,21,22,23)/t15-,19+/m0/s1. The van der Waals surface area contributed by atoms with Crippen LogP contribution in [-0.4, -0.2) is 51.3 Å². The van der Waals surface area contributed by atoms with Crippen molar-refractivity contribution in [1.29, 1.82) is 0 Å². The van der Waals surface area contributed by atoms with Gasteiger partial charge >= 0.3 is 0 Å². The molecule has 0 radical (unpaired) electrons. The lowest BCUT2D eigenvalue weighted by atomic mass is 9.87. The molecule has 140 valence electrons. The highest BCUT2D eigenvalue weighted by Gasteiger charge is 2.32. The number of nitrogens with one attached hydrogen (secondary N) is 2. The Morgan fingerprint density at radius 3 is 2.54 bits per heavy atom. The van der Waals surface area contributed by atoms with Crippen LogP contribution in [0.25, 0.3) is 0 Å². The summed E-state index contributed by atoms with van der Waals surface area (Å²) in [4.78, 5) is 11.2. The molecule has 2 aliphatic rings. The van der Waals surface area contributed by atoms with Crippen LogP contribution in [-0.2, 0) is 7.05 Å². The number of aromatic nitrogens is 4. The minimum absolute atomic E-state index is 0.387. The van der Waals surface area contributed by atoms with Crippen LogP contribution in [0.4, 0.5) is 11.6 Å². The van der Waals surface area contributed by atoms with Crippen molar-refractivity contribution in [1.82, 2.24) is 24.6 Å². The van der Waals surface area contributed by atoms with Crippen molar-refractivity contribution < 1.29 is 0 Å². The number of piperidine rings is 1. The van der Waals surface area contributed by atoms with Crippen LogP contribution < -0.4 is 10.6 Å². The summed E-state index contributed by atoms with van der Waals surface area (Å²) in [7, 11) is 4.25. The van der Waals surface area contributed by atoms with Crippen LogP contribution in [0.3, 0.4) is 0 Å². The first-order chi connectivity index (χ1) is 12.7. The molecule has 1 saturated carbocycles. The van der Waals surface area contributed by atoms with Crippen molar-refractivity contribution in [3.8, 4) is 0 Å². The van der Waals surface area contributed by atoms with E-state index in [9.17, 15) is 0 Å². The van der Waals surface area contributed by atoms with Crippen molar-refractivity contribution in [3.05, 3.63) is 30.4 Å². The molecule has 4 rings (SSSR count). The van der Waals surface area contributed by atoms with Crippen LogP contribution in [0, 0.1) is 11.8 Å². The third-order valence-electron chi connectivity index (χ3n) is 5.65. The lowest BCUT2D eigenvalue weighted by Gasteiger charge is -2.39. The zero-order chi connectivity index (χ0) is 17.9. The van der Waals surface area contributed by atoms with Gasteiger partial charge in [0.2, 0.25) is 0 Å². The molecule has 1 aliphatic carbocycles. The number of hydrogen-bond donors (Lipinski definition) is 2. The van der Waals surface area contributed by atoms with E-state index < -0.39 is 0 Å². The summed E-state index contributed by atoms with van der Waals surface area (Å²) in [5, 5.41) is 11.3. The van der Waals surface area contributed by atoms with Gasteiger partial charge in [-0.1, -0.05) is 0 Å². The molecule has 7 heteroatoms. The normalized spacial score (nSPS) is 23.8. The van der Waals surface area contributed by atoms with E-state index in [-0.39, 0.29) is 0 Å². The average Bonchev–Trinajstić information content (AvgIpc) is 3.39. The fraction of sp³-hybridized carbons (Fsp3) is 0.632. The Kier molecular flexibility index (Phi) is 5.06. The minimum Gasteiger partial charge on any atom is -0.370 e. The molecule has 2 aromatic heterocycles. The molecule has 0 amide bonds. The average molecular weight is 355 g/mol. The first kappa shape index (κ1) is 17.3. The van der Waals surface area contributed by atoms with E-state index in [1.807, 2.05) is 24.0 Å². The molecule has 2 aromatic rings. The van der Waals surface area contributed by atoms with E-state index in [0.717, 1.165) is 37.2 Å². The molecule has 1 saturated heterocycles. The molecule has 0 spiro atoms. The molecule has 0 aromatic carbocycles. The maximum absolute atomic E-state index is 4.40. The lowest BCUT2D eigenvalue weighted by Crippen LogP contribution is -2.40. The second-order valence-corrected chi connectivity index (χ2v) is 7.70. The Hall–Kier alpha value is -2.15. The minimum atomic E-state index is 0.387. The van der Waals surface area contributed by atoms with Crippen LogP contribution in [0.5, 0.6) is 0 Å². The van der Waals surface area contributed by atoms with E-state index in [4.69, 9.17) is 0 Å². The summed E-state index contributed by atoms with van der Waals surface area (Å²) < 4.78 is 2.00. The van der Waals surface area contributed by atoms with Crippen molar-refractivity contribution in [2.75, 3.05) is 37.3 Å². The van der Waals surface area contributed by atoms with Gasteiger partial charge in [0.1, 0.15) is 18.0 Å². The maximum Gasteiger partial charge on any atom is 0.131 e. The quantitative estimate of drug-likeness (QED) is 0.795.